The number of halogens is 1. The van der Waals surface area contributed by atoms with E-state index in [0.29, 0.717) is 29.6 Å². The molecular weight excluding hydrogens is 460 g/mol. The van der Waals surface area contributed by atoms with Crippen molar-refractivity contribution in [3.8, 4) is 5.75 Å². The molecule has 4 rings (SSSR count). The minimum Gasteiger partial charge on any atom is -0.489 e. The summed E-state index contributed by atoms with van der Waals surface area (Å²) < 4.78 is 14.3. The maximum Gasteiger partial charge on any atom is 0.338 e. The van der Waals surface area contributed by atoms with Crippen LogP contribution in [0.3, 0.4) is 0 Å². The molecule has 7 nitrogen and oxygen atoms in total. The van der Waals surface area contributed by atoms with Crippen LogP contribution in [0.25, 0.3) is 0 Å². The molecule has 1 atom stereocenters. The average Bonchev–Trinajstić information content (AvgIpc) is 3.20. The highest BCUT2D eigenvalue weighted by Crippen LogP contribution is 2.40. The smallest absolute Gasteiger partial charge is 0.338 e. The summed E-state index contributed by atoms with van der Waals surface area (Å²) in [7, 11) is 0. The van der Waals surface area contributed by atoms with Gasteiger partial charge in [-0.05, 0) is 44.5 Å². The highest BCUT2D eigenvalue weighted by Gasteiger charge is 2.36. The lowest BCUT2D eigenvalue weighted by Crippen LogP contribution is -2.31. The van der Waals surface area contributed by atoms with Gasteiger partial charge >= 0.3 is 5.97 Å². The van der Waals surface area contributed by atoms with Crippen LogP contribution in [0, 0.1) is 0 Å². The van der Waals surface area contributed by atoms with E-state index >= 15 is 0 Å². The highest BCUT2D eigenvalue weighted by molar-refractivity contribution is 9.10. The number of nitrogens with one attached hydrogen (secondary N) is 1. The molecule has 0 unspecified atom stereocenters. The fourth-order valence-corrected chi connectivity index (χ4v) is 3.90. The Morgan fingerprint density at radius 3 is 2.74 bits per heavy atom. The van der Waals surface area contributed by atoms with Crippen molar-refractivity contribution >= 4 is 27.8 Å². The van der Waals surface area contributed by atoms with Crippen molar-refractivity contribution in [3.05, 3.63) is 81.7 Å². The van der Waals surface area contributed by atoms with Gasteiger partial charge in [-0.1, -0.05) is 46.3 Å². The predicted molar refractivity (Wildman–Crippen MR) is 121 cm³/mol. The first-order valence-corrected chi connectivity index (χ1v) is 10.8. The fraction of sp³-hybridized carbons (Fsp3) is 0.261. The standard InChI is InChI=1S/C23H23BrN4O3/c1-14(2)31-22(29)20-15(3)27-23-25-13-26-28(23)21(20)18-11-17(24)9-10-19(18)30-12-16-7-5-4-6-8-16/h4-11,13-14,21H,12H2,1-3H3,(H,25,26,27)/t21-/m0/s1. The van der Waals surface area contributed by atoms with E-state index < -0.39 is 12.0 Å². The van der Waals surface area contributed by atoms with Crippen LogP contribution in [0.2, 0.25) is 0 Å². The van der Waals surface area contributed by atoms with Gasteiger partial charge in [-0.3, -0.25) is 0 Å². The van der Waals surface area contributed by atoms with Crippen LogP contribution in [-0.2, 0) is 16.1 Å². The van der Waals surface area contributed by atoms with Crippen molar-refractivity contribution in [1.29, 1.82) is 0 Å². The third-order valence-corrected chi connectivity index (χ3v) is 5.35. The Kier molecular flexibility index (Phi) is 6.08. The number of nitrogens with zero attached hydrogens (tertiary/aromatic N) is 3. The molecule has 0 bridgehead atoms. The van der Waals surface area contributed by atoms with Gasteiger partial charge in [0, 0.05) is 15.7 Å². The molecule has 0 saturated heterocycles. The van der Waals surface area contributed by atoms with Gasteiger partial charge in [-0.2, -0.15) is 10.1 Å². The van der Waals surface area contributed by atoms with Gasteiger partial charge in [0.05, 0.1) is 11.7 Å². The van der Waals surface area contributed by atoms with Crippen molar-refractivity contribution in [2.75, 3.05) is 5.32 Å². The predicted octanol–water partition coefficient (Wildman–Crippen LogP) is 4.86. The molecule has 2 aromatic carbocycles. The van der Waals surface area contributed by atoms with Crippen LogP contribution >= 0.6 is 15.9 Å². The van der Waals surface area contributed by atoms with Crippen LogP contribution in [-0.4, -0.2) is 26.8 Å². The number of anilines is 1. The van der Waals surface area contributed by atoms with Crippen molar-refractivity contribution in [2.24, 2.45) is 0 Å². The molecule has 3 aromatic rings. The summed E-state index contributed by atoms with van der Waals surface area (Å²) in [6, 6.07) is 15.1. The van der Waals surface area contributed by atoms with Crippen LogP contribution in [0.1, 0.15) is 37.9 Å². The molecule has 1 aromatic heterocycles. The van der Waals surface area contributed by atoms with E-state index in [9.17, 15) is 4.79 Å². The molecule has 0 amide bonds. The number of aromatic nitrogens is 3. The number of allylic oxidation sites excluding steroid dienone is 1. The van der Waals surface area contributed by atoms with E-state index in [2.05, 4.69) is 31.3 Å². The van der Waals surface area contributed by atoms with Crippen LogP contribution < -0.4 is 10.1 Å². The summed E-state index contributed by atoms with van der Waals surface area (Å²) >= 11 is 3.55. The normalized spacial score (nSPS) is 15.5. The van der Waals surface area contributed by atoms with Crippen LogP contribution in [0.5, 0.6) is 5.75 Å². The molecule has 2 heterocycles. The Labute approximate surface area is 189 Å². The van der Waals surface area contributed by atoms with Gasteiger partial charge in [-0.15, -0.1) is 0 Å². The lowest BCUT2D eigenvalue weighted by molar-refractivity contribution is -0.143. The third-order valence-electron chi connectivity index (χ3n) is 4.86. The summed E-state index contributed by atoms with van der Waals surface area (Å²) in [6.45, 7) is 5.89. The Hall–Kier alpha value is -3.13. The monoisotopic (exact) mass is 482 g/mol. The van der Waals surface area contributed by atoms with E-state index in [0.717, 1.165) is 15.6 Å². The highest BCUT2D eigenvalue weighted by atomic mass is 79.9. The number of carbonyl (C=O) groups excluding carboxylic acids is 1. The molecule has 8 heteroatoms. The molecule has 0 saturated carbocycles. The number of esters is 1. The van der Waals surface area contributed by atoms with E-state index in [1.54, 1.807) is 4.68 Å². The topological polar surface area (TPSA) is 78.3 Å². The molecule has 0 radical (unpaired) electrons. The molecule has 31 heavy (non-hydrogen) atoms. The van der Waals surface area contributed by atoms with Gasteiger partial charge in [0.15, 0.2) is 0 Å². The maximum atomic E-state index is 13.1. The summed E-state index contributed by atoms with van der Waals surface area (Å²) in [5, 5.41) is 7.53. The van der Waals surface area contributed by atoms with Crippen molar-refractivity contribution in [3.63, 3.8) is 0 Å². The van der Waals surface area contributed by atoms with Gasteiger partial charge in [0.25, 0.3) is 0 Å². The number of carbonyl (C=O) groups is 1. The molecule has 0 spiro atoms. The molecule has 1 N–H and O–H groups in total. The van der Waals surface area contributed by atoms with E-state index in [1.807, 2.05) is 69.3 Å². The number of fused-ring (bicyclic) bond motifs is 1. The van der Waals surface area contributed by atoms with Gasteiger partial charge in [-0.25, -0.2) is 9.48 Å². The lowest BCUT2D eigenvalue weighted by Gasteiger charge is -2.29. The van der Waals surface area contributed by atoms with Crippen LogP contribution in [0.15, 0.2) is 70.6 Å². The Morgan fingerprint density at radius 1 is 1.23 bits per heavy atom. The summed E-state index contributed by atoms with van der Waals surface area (Å²) in [4.78, 5) is 17.4. The third kappa shape index (κ3) is 4.49. The van der Waals surface area contributed by atoms with Gasteiger partial charge in [0.2, 0.25) is 5.95 Å². The molecule has 0 aliphatic carbocycles. The number of benzene rings is 2. The second kappa shape index (κ2) is 8.93. The number of hydrogen-bond acceptors (Lipinski definition) is 6. The zero-order chi connectivity index (χ0) is 22.0. The average molecular weight is 483 g/mol. The summed E-state index contributed by atoms with van der Waals surface area (Å²) in [6.07, 6.45) is 1.21. The Morgan fingerprint density at radius 2 is 2.00 bits per heavy atom. The fourth-order valence-electron chi connectivity index (χ4n) is 3.52. The molecule has 160 valence electrons. The van der Waals surface area contributed by atoms with Crippen molar-refractivity contribution < 1.29 is 14.3 Å². The Bertz CT molecular complexity index is 1120. The second-order valence-electron chi connectivity index (χ2n) is 7.50. The van der Waals surface area contributed by atoms with E-state index in [1.165, 1.54) is 6.33 Å². The molecular formula is C23H23BrN4O3. The zero-order valence-electron chi connectivity index (χ0n) is 17.5. The maximum absolute atomic E-state index is 13.1. The first-order valence-electron chi connectivity index (χ1n) is 9.98. The largest absolute Gasteiger partial charge is 0.489 e. The van der Waals surface area contributed by atoms with E-state index in [-0.39, 0.29) is 6.10 Å². The quantitative estimate of drug-likeness (QED) is 0.505. The number of ether oxygens (including phenoxy) is 2. The summed E-state index contributed by atoms with van der Waals surface area (Å²) in [5.74, 6) is 0.806. The minimum absolute atomic E-state index is 0.248. The Balaban J connectivity index is 1.78. The lowest BCUT2D eigenvalue weighted by atomic mass is 9.95. The van der Waals surface area contributed by atoms with Crippen LogP contribution in [0.4, 0.5) is 5.95 Å². The van der Waals surface area contributed by atoms with E-state index in [4.69, 9.17) is 9.47 Å². The zero-order valence-corrected chi connectivity index (χ0v) is 19.1. The molecule has 0 fully saturated rings. The molecule has 1 aliphatic heterocycles. The summed E-state index contributed by atoms with van der Waals surface area (Å²) in [5.41, 5.74) is 2.97. The SMILES string of the molecule is CC1=C(C(=O)OC(C)C)[C@H](c2cc(Br)ccc2OCc2ccccc2)n2ncnc2N1. The second-order valence-corrected chi connectivity index (χ2v) is 8.42. The van der Waals surface area contributed by atoms with Crippen molar-refractivity contribution in [2.45, 2.75) is 39.5 Å². The van der Waals surface area contributed by atoms with Gasteiger partial charge < -0.3 is 14.8 Å². The number of hydrogen-bond donors (Lipinski definition) is 1. The number of rotatable bonds is 6. The minimum atomic E-state index is -0.548. The first kappa shape index (κ1) is 21.1. The first-order chi connectivity index (χ1) is 14.9. The molecule has 1 aliphatic rings. The van der Waals surface area contributed by atoms with Crippen molar-refractivity contribution in [1.82, 2.24) is 14.8 Å². The van der Waals surface area contributed by atoms with Gasteiger partial charge in [0.1, 0.15) is 24.7 Å².